The van der Waals surface area contributed by atoms with Crippen LogP contribution >= 0.6 is 0 Å². The van der Waals surface area contributed by atoms with Crippen LogP contribution in [0.15, 0.2) is 12.1 Å². The standard InChI is InChI=1S/C18H30N2O2/c1-4-7-9-14-12-16(20-18(21)22-11-6-3)13-15(17(14)19)10-8-5-2/h12-13H,4-11,19H2,1-3H3,(H,20,21). The molecule has 0 spiro atoms. The monoisotopic (exact) mass is 306 g/mol. The Kier molecular flexibility index (Phi) is 8.41. The number of anilines is 2. The van der Waals surface area contributed by atoms with Gasteiger partial charge in [-0.15, -0.1) is 0 Å². The molecular weight excluding hydrogens is 276 g/mol. The lowest BCUT2D eigenvalue weighted by Crippen LogP contribution is -2.15. The number of nitrogens with two attached hydrogens (primary N) is 1. The van der Waals surface area contributed by atoms with Gasteiger partial charge < -0.3 is 10.5 Å². The predicted octanol–water partition coefficient (Wildman–Crippen LogP) is 4.91. The van der Waals surface area contributed by atoms with Gasteiger partial charge in [0.25, 0.3) is 0 Å². The van der Waals surface area contributed by atoms with Gasteiger partial charge in [-0.25, -0.2) is 4.79 Å². The van der Waals surface area contributed by atoms with E-state index in [1.165, 1.54) is 0 Å². The van der Waals surface area contributed by atoms with Crippen LogP contribution in [0.4, 0.5) is 16.2 Å². The van der Waals surface area contributed by atoms with E-state index in [1.807, 2.05) is 19.1 Å². The van der Waals surface area contributed by atoms with Crippen molar-refractivity contribution < 1.29 is 9.53 Å². The molecule has 0 radical (unpaired) electrons. The van der Waals surface area contributed by atoms with E-state index >= 15 is 0 Å². The van der Waals surface area contributed by atoms with Gasteiger partial charge in [-0.1, -0.05) is 33.6 Å². The van der Waals surface area contributed by atoms with E-state index < -0.39 is 6.09 Å². The number of ether oxygens (including phenoxy) is 1. The van der Waals surface area contributed by atoms with Gasteiger partial charge >= 0.3 is 6.09 Å². The molecule has 0 bridgehead atoms. The molecule has 0 fully saturated rings. The summed E-state index contributed by atoms with van der Waals surface area (Å²) in [6, 6.07) is 3.96. The number of unbranched alkanes of at least 4 members (excludes halogenated alkanes) is 2. The van der Waals surface area contributed by atoms with E-state index in [4.69, 9.17) is 10.5 Å². The highest BCUT2D eigenvalue weighted by Gasteiger charge is 2.10. The minimum atomic E-state index is -0.394. The van der Waals surface area contributed by atoms with Gasteiger partial charge in [-0.2, -0.15) is 0 Å². The first kappa shape index (κ1) is 18.3. The minimum Gasteiger partial charge on any atom is -0.449 e. The van der Waals surface area contributed by atoms with E-state index in [9.17, 15) is 4.79 Å². The Morgan fingerprint density at radius 1 is 1.05 bits per heavy atom. The Morgan fingerprint density at radius 2 is 1.59 bits per heavy atom. The Morgan fingerprint density at radius 3 is 2.05 bits per heavy atom. The number of hydrogen-bond donors (Lipinski definition) is 2. The van der Waals surface area contributed by atoms with Crippen molar-refractivity contribution in [3.63, 3.8) is 0 Å². The molecule has 0 aliphatic heterocycles. The third kappa shape index (κ3) is 5.96. The molecule has 1 rings (SSSR count). The normalized spacial score (nSPS) is 10.5. The fraction of sp³-hybridized carbons (Fsp3) is 0.611. The molecule has 0 saturated heterocycles. The fourth-order valence-corrected chi connectivity index (χ4v) is 2.35. The molecule has 1 aromatic carbocycles. The molecule has 4 heteroatoms. The molecular formula is C18H30N2O2. The summed E-state index contributed by atoms with van der Waals surface area (Å²) >= 11 is 0. The van der Waals surface area contributed by atoms with Crippen LogP contribution in [0.1, 0.15) is 64.0 Å². The first-order chi connectivity index (χ1) is 10.6. The number of hydrogen-bond acceptors (Lipinski definition) is 3. The average Bonchev–Trinajstić information content (AvgIpc) is 2.51. The molecule has 0 saturated carbocycles. The maximum atomic E-state index is 11.7. The van der Waals surface area contributed by atoms with Crippen molar-refractivity contribution in [1.82, 2.24) is 0 Å². The topological polar surface area (TPSA) is 64.3 Å². The summed E-state index contributed by atoms with van der Waals surface area (Å²) in [7, 11) is 0. The third-order valence-electron chi connectivity index (χ3n) is 3.63. The van der Waals surface area contributed by atoms with Crippen molar-refractivity contribution in [2.75, 3.05) is 17.7 Å². The van der Waals surface area contributed by atoms with Gasteiger partial charge in [0.1, 0.15) is 0 Å². The van der Waals surface area contributed by atoms with Gasteiger partial charge in [0, 0.05) is 11.4 Å². The summed E-state index contributed by atoms with van der Waals surface area (Å²) in [6.45, 7) is 6.74. The Hall–Kier alpha value is -1.71. The van der Waals surface area contributed by atoms with Crippen LogP contribution in [-0.4, -0.2) is 12.7 Å². The van der Waals surface area contributed by atoms with Crippen LogP contribution < -0.4 is 11.1 Å². The second-order valence-electron chi connectivity index (χ2n) is 5.68. The third-order valence-corrected chi connectivity index (χ3v) is 3.63. The second-order valence-corrected chi connectivity index (χ2v) is 5.68. The van der Waals surface area contributed by atoms with E-state index in [-0.39, 0.29) is 0 Å². The van der Waals surface area contributed by atoms with Gasteiger partial charge in [0.05, 0.1) is 6.61 Å². The van der Waals surface area contributed by atoms with Crippen LogP contribution in [0.25, 0.3) is 0 Å². The van der Waals surface area contributed by atoms with Crippen molar-refractivity contribution in [3.05, 3.63) is 23.3 Å². The van der Waals surface area contributed by atoms with E-state index in [1.54, 1.807) is 0 Å². The highest BCUT2D eigenvalue weighted by Crippen LogP contribution is 2.26. The zero-order valence-electron chi connectivity index (χ0n) is 14.2. The molecule has 4 nitrogen and oxygen atoms in total. The molecule has 0 aliphatic carbocycles. The van der Waals surface area contributed by atoms with Crippen LogP contribution in [0.2, 0.25) is 0 Å². The lowest BCUT2D eigenvalue weighted by atomic mass is 9.98. The highest BCUT2D eigenvalue weighted by molar-refractivity contribution is 5.85. The molecule has 1 amide bonds. The lowest BCUT2D eigenvalue weighted by molar-refractivity contribution is 0.161. The van der Waals surface area contributed by atoms with Crippen LogP contribution in [-0.2, 0) is 17.6 Å². The predicted molar refractivity (Wildman–Crippen MR) is 93.3 cm³/mol. The van der Waals surface area contributed by atoms with Gasteiger partial charge in [-0.3, -0.25) is 5.32 Å². The van der Waals surface area contributed by atoms with E-state index in [2.05, 4.69) is 19.2 Å². The van der Waals surface area contributed by atoms with Crippen LogP contribution in [0.3, 0.4) is 0 Å². The number of aryl methyl sites for hydroxylation is 2. The number of nitrogen functional groups attached to an aromatic ring is 1. The van der Waals surface area contributed by atoms with Gasteiger partial charge in [-0.05, 0) is 55.4 Å². The Balaban J connectivity index is 2.92. The summed E-state index contributed by atoms with van der Waals surface area (Å²) in [4.78, 5) is 11.7. The largest absolute Gasteiger partial charge is 0.449 e. The molecule has 3 N–H and O–H groups in total. The summed E-state index contributed by atoms with van der Waals surface area (Å²) in [6.07, 6.45) is 6.76. The second kappa shape index (κ2) is 10.1. The van der Waals surface area contributed by atoms with Crippen molar-refractivity contribution in [2.24, 2.45) is 0 Å². The number of carbonyl (C=O) groups excluding carboxylic acids is 1. The summed E-state index contributed by atoms with van der Waals surface area (Å²) < 4.78 is 5.09. The van der Waals surface area contributed by atoms with Gasteiger partial charge in [0.15, 0.2) is 0 Å². The lowest BCUT2D eigenvalue weighted by Gasteiger charge is -2.15. The van der Waals surface area contributed by atoms with Crippen LogP contribution in [0.5, 0.6) is 0 Å². The van der Waals surface area contributed by atoms with Crippen molar-refractivity contribution in [3.8, 4) is 0 Å². The van der Waals surface area contributed by atoms with Crippen molar-refractivity contribution >= 4 is 17.5 Å². The highest BCUT2D eigenvalue weighted by atomic mass is 16.5. The number of rotatable bonds is 9. The Labute approximate surface area is 134 Å². The summed E-state index contributed by atoms with van der Waals surface area (Å²) in [5, 5.41) is 2.82. The average molecular weight is 306 g/mol. The molecule has 0 unspecified atom stereocenters. The smallest absolute Gasteiger partial charge is 0.411 e. The molecule has 124 valence electrons. The number of carbonyl (C=O) groups is 1. The molecule has 0 aliphatic rings. The number of nitrogens with one attached hydrogen (secondary N) is 1. The van der Waals surface area contributed by atoms with Crippen molar-refractivity contribution in [1.29, 1.82) is 0 Å². The fourth-order valence-electron chi connectivity index (χ4n) is 2.35. The zero-order valence-corrected chi connectivity index (χ0v) is 14.2. The molecule has 0 heterocycles. The molecule has 0 aromatic heterocycles. The van der Waals surface area contributed by atoms with Crippen molar-refractivity contribution in [2.45, 2.75) is 65.7 Å². The minimum absolute atomic E-state index is 0.394. The summed E-state index contributed by atoms with van der Waals surface area (Å²) in [5.74, 6) is 0. The quantitative estimate of drug-likeness (QED) is 0.637. The van der Waals surface area contributed by atoms with E-state index in [0.717, 1.165) is 67.4 Å². The number of amides is 1. The van der Waals surface area contributed by atoms with Gasteiger partial charge in [0.2, 0.25) is 0 Å². The van der Waals surface area contributed by atoms with E-state index in [0.29, 0.717) is 6.61 Å². The molecule has 0 atom stereocenters. The molecule has 1 aromatic rings. The molecule has 22 heavy (non-hydrogen) atoms. The maximum Gasteiger partial charge on any atom is 0.411 e. The number of benzene rings is 1. The first-order valence-corrected chi connectivity index (χ1v) is 8.47. The zero-order chi connectivity index (χ0) is 16.4. The first-order valence-electron chi connectivity index (χ1n) is 8.47. The summed E-state index contributed by atoms with van der Waals surface area (Å²) in [5.41, 5.74) is 10.2. The van der Waals surface area contributed by atoms with Crippen LogP contribution in [0, 0.1) is 0 Å². The SMILES string of the molecule is CCCCc1cc(NC(=O)OCCC)cc(CCCC)c1N. The maximum absolute atomic E-state index is 11.7. The Bertz CT molecular complexity index is 443.